The molecule has 4 N–H and O–H groups in total. The van der Waals surface area contributed by atoms with Crippen LogP contribution in [0.4, 0.5) is 0 Å². The fourth-order valence-electron chi connectivity index (χ4n) is 1.07. The van der Waals surface area contributed by atoms with Gasteiger partial charge in [-0.25, -0.2) is 0 Å². The number of rotatable bonds is 6. The lowest BCUT2D eigenvalue weighted by molar-refractivity contribution is -0.122. The van der Waals surface area contributed by atoms with Crippen LogP contribution in [0.25, 0.3) is 0 Å². The second-order valence-corrected chi connectivity index (χ2v) is 4.37. The van der Waals surface area contributed by atoms with Crippen molar-refractivity contribution in [2.45, 2.75) is 32.7 Å². The van der Waals surface area contributed by atoms with E-state index in [1.807, 2.05) is 13.8 Å². The molecule has 0 bridgehead atoms. The first-order chi connectivity index (χ1) is 6.93. The van der Waals surface area contributed by atoms with E-state index in [2.05, 4.69) is 11.2 Å². The average molecular weight is 212 g/mol. The predicted octanol–water partition coefficient (Wildman–Crippen LogP) is -0.138. The molecule has 0 aromatic heterocycles. The van der Waals surface area contributed by atoms with Gasteiger partial charge in [-0.3, -0.25) is 4.79 Å². The van der Waals surface area contributed by atoms with E-state index >= 15 is 0 Å². The van der Waals surface area contributed by atoms with Gasteiger partial charge in [-0.05, 0) is 11.8 Å². The van der Waals surface area contributed by atoms with Crippen LogP contribution in [0.15, 0.2) is 0 Å². The number of hydrogen-bond acceptors (Lipinski definition) is 3. The topological polar surface area (TPSA) is 75.4 Å². The lowest BCUT2D eigenvalue weighted by atomic mass is 9.89. The van der Waals surface area contributed by atoms with Crippen molar-refractivity contribution >= 4 is 5.91 Å². The normalized spacial score (nSPS) is 13.0. The fraction of sp³-hybridized carbons (Fsp3) is 0.727. The number of aliphatic hydroxyl groups excluding tert-OH is 1. The molecule has 1 atom stereocenters. The Morgan fingerprint density at radius 3 is 2.73 bits per heavy atom. The highest BCUT2D eigenvalue weighted by Gasteiger charge is 2.20. The summed E-state index contributed by atoms with van der Waals surface area (Å²) in [6.07, 6.45) is 5.93. The highest BCUT2D eigenvalue weighted by molar-refractivity contribution is 5.81. The lowest BCUT2D eigenvalue weighted by Gasteiger charge is -2.24. The van der Waals surface area contributed by atoms with Gasteiger partial charge in [0.05, 0.1) is 6.04 Å². The number of aliphatic hydroxyl groups is 1. The molecular formula is C11H20N2O2. The van der Waals surface area contributed by atoms with Gasteiger partial charge in [0.15, 0.2) is 0 Å². The van der Waals surface area contributed by atoms with Crippen molar-refractivity contribution in [3.8, 4) is 12.3 Å². The van der Waals surface area contributed by atoms with E-state index in [4.69, 9.17) is 17.3 Å². The molecule has 0 saturated heterocycles. The first-order valence-corrected chi connectivity index (χ1v) is 5.00. The molecule has 1 amide bonds. The standard InChI is InChI=1S/C11H20N2O2/c1-4-5-9(12)10(15)13-8-11(2,3)6-7-14/h1,9,14H,5-8,12H2,2-3H3,(H,13,15). The third kappa shape index (κ3) is 6.10. The molecule has 0 saturated carbocycles. The average Bonchev–Trinajstić information content (AvgIpc) is 2.14. The third-order valence-electron chi connectivity index (χ3n) is 2.20. The van der Waals surface area contributed by atoms with Crippen LogP contribution in [0.1, 0.15) is 26.7 Å². The SMILES string of the molecule is C#CCC(N)C(=O)NCC(C)(C)CCO. The van der Waals surface area contributed by atoms with Crippen molar-refractivity contribution in [3.63, 3.8) is 0 Å². The summed E-state index contributed by atoms with van der Waals surface area (Å²) in [5, 5.41) is 11.5. The first kappa shape index (κ1) is 13.9. The van der Waals surface area contributed by atoms with E-state index in [-0.39, 0.29) is 24.3 Å². The number of amides is 1. The minimum absolute atomic E-state index is 0.110. The summed E-state index contributed by atoms with van der Waals surface area (Å²) in [5.74, 6) is 2.11. The maximum atomic E-state index is 11.4. The summed E-state index contributed by atoms with van der Waals surface area (Å²) in [6.45, 7) is 4.54. The van der Waals surface area contributed by atoms with Gasteiger partial charge in [0, 0.05) is 19.6 Å². The molecule has 0 spiro atoms. The highest BCUT2D eigenvalue weighted by atomic mass is 16.3. The number of carbonyl (C=O) groups excluding carboxylic acids is 1. The summed E-state index contributed by atoms with van der Waals surface area (Å²) in [6, 6.07) is -0.639. The molecule has 0 aliphatic rings. The number of nitrogens with one attached hydrogen (secondary N) is 1. The maximum absolute atomic E-state index is 11.4. The highest BCUT2D eigenvalue weighted by Crippen LogP contribution is 2.17. The molecule has 1 unspecified atom stereocenters. The molecular weight excluding hydrogens is 192 g/mol. The van der Waals surface area contributed by atoms with Crippen LogP contribution in [-0.2, 0) is 4.79 Å². The van der Waals surface area contributed by atoms with E-state index < -0.39 is 6.04 Å². The minimum atomic E-state index is -0.639. The summed E-state index contributed by atoms with van der Waals surface area (Å²) in [5.41, 5.74) is 5.40. The Morgan fingerprint density at radius 1 is 1.67 bits per heavy atom. The number of terminal acetylenes is 1. The van der Waals surface area contributed by atoms with Crippen molar-refractivity contribution in [3.05, 3.63) is 0 Å². The molecule has 4 heteroatoms. The van der Waals surface area contributed by atoms with E-state index in [0.29, 0.717) is 13.0 Å². The molecule has 15 heavy (non-hydrogen) atoms. The second kappa shape index (κ2) is 6.44. The Balaban J connectivity index is 3.95. The van der Waals surface area contributed by atoms with Crippen LogP contribution in [-0.4, -0.2) is 30.2 Å². The van der Waals surface area contributed by atoms with Gasteiger partial charge in [0.1, 0.15) is 0 Å². The molecule has 0 radical (unpaired) electrons. The second-order valence-electron chi connectivity index (χ2n) is 4.37. The van der Waals surface area contributed by atoms with Gasteiger partial charge in [0.2, 0.25) is 5.91 Å². The fourth-order valence-corrected chi connectivity index (χ4v) is 1.07. The van der Waals surface area contributed by atoms with Gasteiger partial charge in [-0.1, -0.05) is 13.8 Å². The summed E-state index contributed by atoms with van der Waals surface area (Å²) >= 11 is 0. The monoisotopic (exact) mass is 212 g/mol. The molecule has 0 fully saturated rings. The van der Waals surface area contributed by atoms with Gasteiger partial charge >= 0.3 is 0 Å². The van der Waals surface area contributed by atoms with Gasteiger partial charge in [-0.15, -0.1) is 12.3 Å². The predicted molar refractivity (Wildman–Crippen MR) is 59.9 cm³/mol. The van der Waals surface area contributed by atoms with Crippen molar-refractivity contribution in [2.24, 2.45) is 11.1 Å². The number of hydrogen-bond donors (Lipinski definition) is 3. The summed E-state index contributed by atoms with van der Waals surface area (Å²) in [7, 11) is 0. The molecule has 0 aliphatic carbocycles. The molecule has 0 heterocycles. The summed E-state index contributed by atoms with van der Waals surface area (Å²) in [4.78, 5) is 11.4. The lowest BCUT2D eigenvalue weighted by Crippen LogP contribution is -2.44. The van der Waals surface area contributed by atoms with Crippen LogP contribution in [0.5, 0.6) is 0 Å². The molecule has 0 rings (SSSR count). The Bertz CT molecular complexity index is 243. The Labute approximate surface area is 91.2 Å². The molecule has 4 nitrogen and oxygen atoms in total. The van der Waals surface area contributed by atoms with Crippen LogP contribution in [0.3, 0.4) is 0 Å². The molecule has 86 valence electrons. The van der Waals surface area contributed by atoms with E-state index in [9.17, 15) is 4.79 Å². The van der Waals surface area contributed by atoms with Crippen molar-refractivity contribution in [1.29, 1.82) is 0 Å². The minimum Gasteiger partial charge on any atom is -0.396 e. The van der Waals surface area contributed by atoms with E-state index in [1.54, 1.807) is 0 Å². The molecule has 0 aliphatic heterocycles. The van der Waals surface area contributed by atoms with Crippen molar-refractivity contribution < 1.29 is 9.90 Å². The number of carbonyl (C=O) groups is 1. The van der Waals surface area contributed by atoms with Gasteiger partial charge < -0.3 is 16.2 Å². The zero-order valence-electron chi connectivity index (χ0n) is 9.42. The van der Waals surface area contributed by atoms with Crippen molar-refractivity contribution in [2.75, 3.05) is 13.2 Å². The Kier molecular flexibility index (Phi) is 5.99. The Hall–Kier alpha value is -1.05. The smallest absolute Gasteiger partial charge is 0.237 e. The van der Waals surface area contributed by atoms with Gasteiger partial charge in [-0.2, -0.15) is 0 Å². The maximum Gasteiger partial charge on any atom is 0.237 e. The molecule has 0 aromatic rings. The third-order valence-corrected chi connectivity index (χ3v) is 2.20. The van der Waals surface area contributed by atoms with Gasteiger partial charge in [0.25, 0.3) is 0 Å². The Morgan fingerprint density at radius 2 is 2.27 bits per heavy atom. The van der Waals surface area contributed by atoms with Crippen LogP contribution in [0.2, 0.25) is 0 Å². The zero-order chi connectivity index (χ0) is 11.9. The zero-order valence-corrected chi connectivity index (χ0v) is 9.42. The number of nitrogens with two attached hydrogens (primary N) is 1. The summed E-state index contributed by atoms with van der Waals surface area (Å²) < 4.78 is 0. The largest absolute Gasteiger partial charge is 0.396 e. The quantitative estimate of drug-likeness (QED) is 0.536. The van der Waals surface area contributed by atoms with E-state index in [0.717, 1.165) is 0 Å². The first-order valence-electron chi connectivity index (χ1n) is 5.00. The van der Waals surface area contributed by atoms with Crippen LogP contribution in [0, 0.1) is 17.8 Å². The molecule has 0 aromatic carbocycles. The van der Waals surface area contributed by atoms with Crippen LogP contribution >= 0.6 is 0 Å². The van der Waals surface area contributed by atoms with E-state index in [1.165, 1.54) is 0 Å². The van der Waals surface area contributed by atoms with Crippen molar-refractivity contribution in [1.82, 2.24) is 5.32 Å². The van der Waals surface area contributed by atoms with Crippen LogP contribution < -0.4 is 11.1 Å².